The zero-order valence-corrected chi connectivity index (χ0v) is 12.4. The van der Waals surface area contributed by atoms with Crippen molar-refractivity contribution in [3.63, 3.8) is 0 Å². The van der Waals surface area contributed by atoms with Crippen LogP contribution in [-0.2, 0) is 0 Å². The summed E-state index contributed by atoms with van der Waals surface area (Å²) in [5.41, 5.74) is 0.703. The minimum absolute atomic E-state index is 0.0621. The fourth-order valence-corrected chi connectivity index (χ4v) is 2.56. The number of nitrogens with zero attached hydrogens (tertiary/aromatic N) is 1. The molecule has 2 nitrogen and oxygen atoms in total. The number of rotatable bonds is 2. The maximum atomic E-state index is 12.6. The third kappa shape index (κ3) is 3.23. The second-order valence-corrected chi connectivity index (χ2v) is 5.56. The number of carbonyl (C=O) groups excluding carboxylic acids is 1. The van der Waals surface area contributed by atoms with Gasteiger partial charge in [0.2, 0.25) is 0 Å². The zero-order chi connectivity index (χ0) is 14.9. The van der Waals surface area contributed by atoms with Gasteiger partial charge in [-0.2, -0.15) is 13.2 Å². The number of Topliss-reactive ketones (excluding diaryl/α,β-unsaturated/α-hetero) is 1. The molecule has 0 atom stereocenters. The molecule has 0 saturated heterocycles. The van der Waals surface area contributed by atoms with Gasteiger partial charge in [0.05, 0.1) is 0 Å². The molecule has 1 aromatic rings. The Hall–Kier alpha value is -1.30. The van der Waals surface area contributed by atoms with E-state index in [0.717, 1.165) is 4.47 Å². The molecule has 0 amide bonds. The van der Waals surface area contributed by atoms with E-state index >= 15 is 0 Å². The monoisotopic (exact) mass is 347 g/mol. The summed E-state index contributed by atoms with van der Waals surface area (Å²) in [5.74, 6) is -0.0990. The van der Waals surface area contributed by atoms with Crippen molar-refractivity contribution in [2.45, 2.75) is 19.5 Å². The minimum atomic E-state index is -4.26. The Morgan fingerprint density at radius 3 is 2.55 bits per heavy atom. The third-order valence-electron chi connectivity index (χ3n) is 3.25. The van der Waals surface area contributed by atoms with Gasteiger partial charge in [-0.25, -0.2) is 0 Å². The molecule has 1 aliphatic heterocycles. The van der Waals surface area contributed by atoms with Crippen LogP contribution in [0.3, 0.4) is 0 Å². The van der Waals surface area contributed by atoms with Crippen LogP contribution in [-0.4, -0.2) is 25.0 Å². The Kier molecular flexibility index (Phi) is 4.22. The molecule has 0 aliphatic carbocycles. The Morgan fingerprint density at radius 1 is 1.35 bits per heavy atom. The van der Waals surface area contributed by atoms with Gasteiger partial charge in [-0.3, -0.25) is 4.79 Å². The van der Waals surface area contributed by atoms with Crippen molar-refractivity contribution in [1.82, 2.24) is 0 Å². The van der Waals surface area contributed by atoms with Crippen molar-refractivity contribution in [2.75, 3.05) is 18.0 Å². The average molecular weight is 348 g/mol. The quantitative estimate of drug-likeness (QED) is 0.585. The average Bonchev–Trinajstić information content (AvgIpc) is 2.37. The topological polar surface area (TPSA) is 20.3 Å². The lowest BCUT2D eigenvalue weighted by Gasteiger charge is -2.30. The van der Waals surface area contributed by atoms with Crippen LogP contribution >= 0.6 is 15.9 Å². The van der Waals surface area contributed by atoms with Gasteiger partial charge in [-0.15, -0.1) is 0 Å². The van der Waals surface area contributed by atoms with E-state index in [1.54, 1.807) is 23.1 Å². The Labute approximate surface area is 123 Å². The van der Waals surface area contributed by atoms with Crippen LogP contribution in [0.15, 0.2) is 34.3 Å². The smallest absolute Gasteiger partial charge is 0.367 e. The van der Waals surface area contributed by atoms with Crippen molar-refractivity contribution in [3.05, 3.63) is 39.9 Å². The first-order valence-corrected chi connectivity index (χ1v) is 6.90. The molecular weight excluding hydrogens is 335 g/mol. The van der Waals surface area contributed by atoms with Gasteiger partial charge in [0.25, 0.3) is 0 Å². The maximum Gasteiger partial charge on any atom is 0.412 e. The van der Waals surface area contributed by atoms with Gasteiger partial charge in [-0.05, 0) is 31.5 Å². The highest BCUT2D eigenvalue weighted by molar-refractivity contribution is 9.10. The van der Waals surface area contributed by atoms with E-state index in [4.69, 9.17) is 0 Å². The van der Waals surface area contributed by atoms with Crippen LogP contribution in [0.4, 0.5) is 18.9 Å². The lowest BCUT2D eigenvalue weighted by atomic mass is 10.0. The van der Waals surface area contributed by atoms with Crippen molar-refractivity contribution in [3.8, 4) is 0 Å². The molecule has 0 bridgehead atoms. The number of halogens is 4. The van der Waals surface area contributed by atoms with E-state index in [0.29, 0.717) is 11.3 Å². The van der Waals surface area contributed by atoms with E-state index in [-0.39, 0.29) is 25.3 Å². The Balaban J connectivity index is 2.29. The molecule has 0 spiro atoms. The number of hydrogen-bond donors (Lipinski definition) is 0. The largest absolute Gasteiger partial charge is 0.412 e. The SMILES string of the molecule is CC(=O)c1ccc(Br)cc1N1CC=C(C(F)(F)F)CC1. The molecule has 0 N–H and O–H groups in total. The zero-order valence-electron chi connectivity index (χ0n) is 10.8. The number of anilines is 1. The molecule has 2 rings (SSSR count). The summed E-state index contributed by atoms with van der Waals surface area (Å²) >= 11 is 3.32. The van der Waals surface area contributed by atoms with Gasteiger partial charge in [-0.1, -0.05) is 22.0 Å². The highest BCUT2D eigenvalue weighted by Crippen LogP contribution is 2.33. The summed E-state index contributed by atoms with van der Waals surface area (Å²) in [6.45, 7) is 1.86. The summed E-state index contributed by atoms with van der Waals surface area (Å²) in [7, 11) is 0. The van der Waals surface area contributed by atoms with Crippen LogP contribution in [0, 0.1) is 0 Å². The number of hydrogen-bond acceptors (Lipinski definition) is 2. The molecule has 6 heteroatoms. The van der Waals surface area contributed by atoms with Crippen LogP contribution in [0.2, 0.25) is 0 Å². The van der Waals surface area contributed by atoms with Crippen molar-refractivity contribution >= 4 is 27.4 Å². The maximum absolute atomic E-state index is 12.6. The van der Waals surface area contributed by atoms with Crippen molar-refractivity contribution < 1.29 is 18.0 Å². The molecule has 0 aromatic heterocycles. The first-order chi connectivity index (χ1) is 9.29. The first-order valence-electron chi connectivity index (χ1n) is 6.10. The van der Waals surface area contributed by atoms with E-state index in [1.165, 1.54) is 13.0 Å². The normalized spacial score (nSPS) is 16.1. The van der Waals surface area contributed by atoms with Gasteiger partial charge in [0, 0.05) is 34.4 Å². The summed E-state index contributed by atoms with van der Waals surface area (Å²) in [4.78, 5) is 13.4. The molecule has 0 radical (unpaired) electrons. The Morgan fingerprint density at radius 2 is 2.05 bits per heavy atom. The predicted molar refractivity (Wildman–Crippen MR) is 75.1 cm³/mol. The van der Waals surface area contributed by atoms with Crippen molar-refractivity contribution in [1.29, 1.82) is 0 Å². The minimum Gasteiger partial charge on any atom is -0.367 e. The van der Waals surface area contributed by atoms with Crippen LogP contribution in [0.5, 0.6) is 0 Å². The highest BCUT2D eigenvalue weighted by Gasteiger charge is 2.35. The van der Waals surface area contributed by atoms with E-state index in [9.17, 15) is 18.0 Å². The molecule has 1 aromatic carbocycles. The summed E-state index contributed by atoms with van der Waals surface area (Å²) in [5, 5.41) is 0. The standard InChI is InChI=1S/C14H13BrF3NO/c1-9(20)12-3-2-11(15)8-13(12)19-6-4-10(5-7-19)14(16,17)18/h2-4,8H,5-7H2,1H3. The van der Waals surface area contributed by atoms with Gasteiger partial charge in [0.15, 0.2) is 5.78 Å². The Bertz CT molecular complexity index is 566. The van der Waals surface area contributed by atoms with E-state index in [2.05, 4.69) is 15.9 Å². The summed E-state index contributed by atoms with van der Waals surface area (Å²) in [6.07, 6.45) is -3.13. The number of carbonyl (C=O) groups is 1. The summed E-state index contributed by atoms with van der Waals surface area (Å²) in [6, 6.07) is 5.20. The van der Waals surface area contributed by atoms with Gasteiger partial charge < -0.3 is 4.90 Å². The van der Waals surface area contributed by atoms with E-state index < -0.39 is 11.7 Å². The van der Waals surface area contributed by atoms with Gasteiger partial charge >= 0.3 is 6.18 Å². The van der Waals surface area contributed by atoms with Crippen LogP contribution < -0.4 is 4.90 Å². The molecule has 0 unspecified atom stereocenters. The second kappa shape index (κ2) is 5.60. The van der Waals surface area contributed by atoms with Crippen LogP contribution in [0.1, 0.15) is 23.7 Å². The van der Waals surface area contributed by atoms with Crippen molar-refractivity contribution in [2.24, 2.45) is 0 Å². The molecule has 1 aliphatic rings. The molecular formula is C14H13BrF3NO. The fraction of sp³-hybridized carbons (Fsp3) is 0.357. The molecule has 1 heterocycles. The number of ketones is 1. The van der Waals surface area contributed by atoms with Crippen LogP contribution in [0.25, 0.3) is 0 Å². The molecule has 20 heavy (non-hydrogen) atoms. The first kappa shape index (κ1) is 15.1. The molecule has 108 valence electrons. The number of benzene rings is 1. The predicted octanol–water partition coefficient (Wildman–Crippen LogP) is 4.35. The second-order valence-electron chi connectivity index (χ2n) is 4.64. The summed E-state index contributed by atoms with van der Waals surface area (Å²) < 4.78 is 38.6. The van der Waals surface area contributed by atoms with E-state index in [1.807, 2.05) is 0 Å². The molecule has 0 saturated carbocycles. The highest BCUT2D eigenvalue weighted by atomic mass is 79.9. The third-order valence-corrected chi connectivity index (χ3v) is 3.75. The number of alkyl halides is 3. The fourth-order valence-electron chi connectivity index (χ4n) is 2.21. The molecule has 0 fully saturated rings. The van der Waals surface area contributed by atoms with Gasteiger partial charge in [0.1, 0.15) is 0 Å². The lowest BCUT2D eigenvalue weighted by Crippen LogP contribution is -2.32. The lowest BCUT2D eigenvalue weighted by molar-refractivity contribution is -0.0944.